The van der Waals surface area contributed by atoms with Gasteiger partial charge in [0.25, 0.3) is 5.91 Å². The predicted molar refractivity (Wildman–Crippen MR) is 106 cm³/mol. The van der Waals surface area contributed by atoms with Crippen LogP contribution in [0.4, 0.5) is 5.69 Å². The largest absolute Gasteiger partial charge is 0.497 e. The number of rotatable bonds is 7. The Balaban J connectivity index is 1.48. The highest BCUT2D eigenvalue weighted by Crippen LogP contribution is 2.17. The number of methoxy groups -OCH3 is 1. The van der Waals surface area contributed by atoms with E-state index >= 15 is 0 Å². The molecule has 6 heteroatoms. The van der Waals surface area contributed by atoms with E-state index in [1.807, 2.05) is 35.2 Å². The molecule has 0 saturated carbocycles. The van der Waals surface area contributed by atoms with Gasteiger partial charge in [0.1, 0.15) is 18.1 Å². The predicted octanol–water partition coefficient (Wildman–Crippen LogP) is 3.60. The topological polar surface area (TPSA) is 63.7 Å². The lowest BCUT2D eigenvalue weighted by molar-refractivity contribution is 0.0761. The summed E-state index contributed by atoms with van der Waals surface area (Å²) in [4.78, 5) is 18.9. The van der Waals surface area contributed by atoms with Gasteiger partial charge >= 0.3 is 0 Å². The number of hydrogen-bond donors (Lipinski definition) is 1. The number of nitrogens with zero attached hydrogens (tertiary/aromatic N) is 2. The molecule has 1 aliphatic rings. The number of nitrogens with one attached hydrogen (secondary N) is 1. The lowest BCUT2D eigenvalue weighted by Gasteiger charge is -2.20. The van der Waals surface area contributed by atoms with Crippen molar-refractivity contribution >= 4 is 11.6 Å². The molecule has 1 aromatic heterocycles. The maximum Gasteiger partial charge on any atom is 0.255 e. The van der Waals surface area contributed by atoms with Crippen molar-refractivity contribution in [1.29, 1.82) is 0 Å². The van der Waals surface area contributed by atoms with Crippen LogP contribution in [0.2, 0.25) is 0 Å². The zero-order chi connectivity index (χ0) is 18.9. The number of carbonyl (C=O) groups is 1. The van der Waals surface area contributed by atoms with E-state index in [1.165, 1.54) is 12.8 Å². The molecule has 3 rings (SSSR count). The summed E-state index contributed by atoms with van der Waals surface area (Å²) < 4.78 is 10.8. The fraction of sp³-hybridized carbons (Fsp3) is 0.429. The van der Waals surface area contributed by atoms with Crippen molar-refractivity contribution in [2.45, 2.75) is 25.7 Å². The van der Waals surface area contributed by atoms with Gasteiger partial charge in [0.2, 0.25) is 0 Å². The normalized spacial score (nSPS) is 14.3. The highest BCUT2D eigenvalue weighted by molar-refractivity contribution is 5.94. The van der Waals surface area contributed by atoms with Gasteiger partial charge in [0.15, 0.2) is 0 Å². The van der Waals surface area contributed by atoms with Crippen LogP contribution in [0.1, 0.15) is 36.0 Å². The number of likely N-dealkylation sites (tertiary alicyclic amines) is 1. The Bertz CT molecular complexity index is 726. The molecule has 1 N–H and O–H groups in total. The molecule has 2 aromatic rings. The maximum absolute atomic E-state index is 12.7. The molecule has 0 unspecified atom stereocenters. The zero-order valence-corrected chi connectivity index (χ0v) is 15.8. The molecule has 27 heavy (non-hydrogen) atoms. The van der Waals surface area contributed by atoms with Crippen molar-refractivity contribution in [3.05, 3.63) is 48.3 Å². The van der Waals surface area contributed by atoms with Crippen LogP contribution in [-0.2, 0) is 0 Å². The number of carbonyl (C=O) groups excluding carboxylic acids is 1. The molecule has 6 nitrogen and oxygen atoms in total. The number of pyridine rings is 1. The molecule has 0 spiro atoms. The Kier molecular flexibility index (Phi) is 6.90. The van der Waals surface area contributed by atoms with E-state index in [0.717, 1.165) is 43.1 Å². The van der Waals surface area contributed by atoms with Crippen LogP contribution >= 0.6 is 0 Å². The van der Waals surface area contributed by atoms with Crippen molar-refractivity contribution in [3.8, 4) is 11.5 Å². The first-order valence-corrected chi connectivity index (χ1v) is 9.51. The summed E-state index contributed by atoms with van der Waals surface area (Å²) >= 11 is 0. The molecule has 2 heterocycles. The number of ether oxygens (including phenoxy) is 2. The summed E-state index contributed by atoms with van der Waals surface area (Å²) in [5.41, 5.74) is 1.46. The Hall–Kier alpha value is -2.76. The van der Waals surface area contributed by atoms with E-state index in [0.29, 0.717) is 18.7 Å². The Labute approximate surface area is 160 Å². The summed E-state index contributed by atoms with van der Waals surface area (Å²) in [7, 11) is 1.64. The van der Waals surface area contributed by atoms with E-state index in [1.54, 1.807) is 19.5 Å². The summed E-state index contributed by atoms with van der Waals surface area (Å²) in [6, 6.07) is 9.35. The summed E-state index contributed by atoms with van der Waals surface area (Å²) in [6.45, 7) is 2.81. The number of benzene rings is 1. The van der Waals surface area contributed by atoms with Crippen LogP contribution in [-0.4, -0.2) is 49.1 Å². The van der Waals surface area contributed by atoms with Gasteiger partial charge in [-0.2, -0.15) is 0 Å². The smallest absolute Gasteiger partial charge is 0.255 e. The molecular weight excluding hydrogens is 342 g/mol. The average Bonchev–Trinajstić information content (AvgIpc) is 3.01. The third-order valence-corrected chi connectivity index (χ3v) is 4.64. The van der Waals surface area contributed by atoms with Crippen molar-refractivity contribution in [1.82, 2.24) is 9.88 Å². The monoisotopic (exact) mass is 369 g/mol. The molecule has 1 saturated heterocycles. The minimum absolute atomic E-state index is 0.0718. The van der Waals surface area contributed by atoms with Crippen LogP contribution in [0.5, 0.6) is 11.5 Å². The van der Waals surface area contributed by atoms with E-state index in [2.05, 4.69) is 10.3 Å². The highest BCUT2D eigenvalue weighted by Gasteiger charge is 2.17. The van der Waals surface area contributed by atoms with Gasteiger partial charge in [-0.05, 0) is 43.2 Å². The van der Waals surface area contributed by atoms with E-state index in [9.17, 15) is 4.79 Å². The minimum atomic E-state index is 0.0718. The third-order valence-electron chi connectivity index (χ3n) is 4.64. The molecule has 1 aromatic carbocycles. The molecule has 1 aliphatic heterocycles. The number of aromatic nitrogens is 1. The summed E-state index contributed by atoms with van der Waals surface area (Å²) in [5, 5.41) is 3.27. The molecule has 144 valence electrons. The van der Waals surface area contributed by atoms with Gasteiger partial charge in [-0.3, -0.25) is 9.78 Å². The number of anilines is 1. The van der Waals surface area contributed by atoms with Gasteiger partial charge < -0.3 is 19.7 Å². The van der Waals surface area contributed by atoms with Crippen LogP contribution in [0, 0.1) is 0 Å². The van der Waals surface area contributed by atoms with E-state index in [4.69, 9.17) is 9.47 Å². The van der Waals surface area contributed by atoms with Gasteiger partial charge in [-0.1, -0.05) is 12.8 Å². The van der Waals surface area contributed by atoms with Crippen molar-refractivity contribution in [3.63, 3.8) is 0 Å². The fourth-order valence-corrected chi connectivity index (χ4v) is 3.15. The van der Waals surface area contributed by atoms with Crippen molar-refractivity contribution in [2.75, 3.05) is 38.7 Å². The van der Waals surface area contributed by atoms with Gasteiger partial charge in [0.05, 0.1) is 18.4 Å². The van der Waals surface area contributed by atoms with Crippen molar-refractivity contribution in [2.24, 2.45) is 0 Å². The second-order valence-electron chi connectivity index (χ2n) is 6.62. The Morgan fingerprint density at radius 1 is 1.07 bits per heavy atom. The fourth-order valence-electron chi connectivity index (χ4n) is 3.15. The Morgan fingerprint density at radius 3 is 2.48 bits per heavy atom. The average molecular weight is 369 g/mol. The highest BCUT2D eigenvalue weighted by atomic mass is 16.5. The quantitative estimate of drug-likeness (QED) is 0.756. The summed E-state index contributed by atoms with van der Waals surface area (Å²) in [6.07, 6.45) is 7.95. The molecular formula is C21H27N3O3. The first kappa shape index (κ1) is 19.0. The minimum Gasteiger partial charge on any atom is -0.497 e. The second kappa shape index (κ2) is 9.80. The molecule has 0 bridgehead atoms. The van der Waals surface area contributed by atoms with Gasteiger partial charge in [-0.15, -0.1) is 0 Å². The van der Waals surface area contributed by atoms with Gasteiger partial charge in [0, 0.05) is 32.0 Å². The van der Waals surface area contributed by atoms with Crippen LogP contribution in [0.25, 0.3) is 0 Å². The molecule has 1 amide bonds. The lowest BCUT2D eigenvalue weighted by Crippen LogP contribution is -2.31. The van der Waals surface area contributed by atoms with Crippen LogP contribution < -0.4 is 14.8 Å². The van der Waals surface area contributed by atoms with Crippen LogP contribution in [0.15, 0.2) is 42.7 Å². The number of amides is 1. The maximum atomic E-state index is 12.7. The lowest BCUT2D eigenvalue weighted by atomic mass is 10.2. The summed E-state index contributed by atoms with van der Waals surface area (Å²) in [5.74, 6) is 1.67. The molecule has 0 atom stereocenters. The molecule has 0 radical (unpaired) electrons. The van der Waals surface area contributed by atoms with E-state index < -0.39 is 0 Å². The zero-order valence-electron chi connectivity index (χ0n) is 15.8. The van der Waals surface area contributed by atoms with Crippen LogP contribution in [0.3, 0.4) is 0 Å². The van der Waals surface area contributed by atoms with Gasteiger partial charge in [-0.25, -0.2) is 0 Å². The first-order valence-electron chi connectivity index (χ1n) is 9.51. The second-order valence-corrected chi connectivity index (χ2v) is 6.62. The SMILES string of the molecule is COc1ccc(OCCNc2cncc(C(=O)N3CCCCCC3)c2)cc1. The molecule has 0 aliphatic carbocycles. The molecule has 1 fully saturated rings. The standard InChI is InChI=1S/C21H27N3O3/c1-26-19-6-8-20(9-7-19)27-13-10-23-18-14-17(15-22-16-18)21(25)24-11-4-2-3-5-12-24/h6-9,14-16,23H,2-5,10-13H2,1H3. The van der Waals surface area contributed by atoms with Crippen molar-refractivity contribution < 1.29 is 14.3 Å². The third kappa shape index (κ3) is 5.61. The first-order chi connectivity index (χ1) is 13.3. The Morgan fingerprint density at radius 2 is 1.78 bits per heavy atom. The number of hydrogen-bond acceptors (Lipinski definition) is 5. The van der Waals surface area contributed by atoms with E-state index in [-0.39, 0.29) is 5.91 Å².